The van der Waals surface area contributed by atoms with E-state index in [9.17, 15) is 0 Å². The minimum absolute atomic E-state index is 0.521. The summed E-state index contributed by atoms with van der Waals surface area (Å²) in [4.78, 5) is 5.39. The van der Waals surface area contributed by atoms with Crippen LogP contribution in [0.25, 0.3) is 0 Å². The van der Waals surface area contributed by atoms with Crippen LogP contribution in [0, 0.1) is 0 Å². The summed E-state index contributed by atoms with van der Waals surface area (Å²) in [6.45, 7) is 4.01. The standard InChI is InChI=1S/C19H20N2O2S/c1-2-20-19-21-12-18(24-19)14-23-17-10-8-16(9-11-17)22-13-15-6-4-3-5-7-15/h3-12H,2,13-14H2,1H3,(H,20,21). The molecule has 0 aliphatic rings. The van der Waals surface area contributed by atoms with Gasteiger partial charge in [0, 0.05) is 12.7 Å². The Hall–Kier alpha value is -2.53. The van der Waals surface area contributed by atoms with Crippen LogP contribution in [0.15, 0.2) is 60.8 Å². The maximum atomic E-state index is 5.79. The van der Waals surface area contributed by atoms with Crippen LogP contribution in [-0.4, -0.2) is 11.5 Å². The second kappa shape index (κ2) is 8.36. The molecule has 0 amide bonds. The van der Waals surface area contributed by atoms with Crippen LogP contribution in [0.3, 0.4) is 0 Å². The van der Waals surface area contributed by atoms with Gasteiger partial charge in [0.25, 0.3) is 0 Å². The molecule has 0 saturated carbocycles. The van der Waals surface area contributed by atoms with Gasteiger partial charge in [-0.15, -0.1) is 0 Å². The molecule has 0 atom stereocenters. The monoisotopic (exact) mass is 340 g/mol. The molecule has 0 aliphatic heterocycles. The first-order valence-corrected chi connectivity index (χ1v) is 8.73. The van der Waals surface area contributed by atoms with Gasteiger partial charge < -0.3 is 14.8 Å². The molecular formula is C19H20N2O2S. The fourth-order valence-corrected chi connectivity index (χ4v) is 2.93. The Bertz CT molecular complexity index is 742. The third-order valence-electron chi connectivity index (χ3n) is 3.33. The van der Waals surface area contributed by atoms with Gasteiger partial charge in [0.05, 0.1) is 4.88 Å². The van der Waals surface area contributed by atoms with Crippen molar-refractivity contribution in [1.82, 2.24) is 4.98 Å². The Balaban J connectivity index is 1.48. The lowest BCUT2D eigenvalue weighted by Gasteiger charge is -2.08. The highest BCUT2D eigenvalue weighted by Crippen LogP contribution is 2.22. The number of nitrogens with one attached hydrogen (secondary N) is 1. The summed E-state index contributed by atoms with van der Waals surface area (Å²) in [7, 11) is 0. The molecule has 1 N–H and O–H groups in total. The van der Waals surface area contributed by atoms with Crippen molar-refractivity contribution in [1.29, 1.82) is 0 Å². The first kappa shape index (κ1) is 16.3. The molecule has 3 rings (SSSR count). The van der Waals surface area contributed by atoms with E-state index in [0.717, 1.165) is 33.6 Å². The van der Waals surface area contributed by atoms with Crippen molar-refractivity contribution in [3.8, 4) is 11.5 Å². The Morgan fingerprint density at radius 3 is 2.25 bits per heavy atom. The quantitative estimate of drug-likeness (QED) is 0.643. The van der Waals surface area contributed by atoms with E-state index in [4.69, 9.17) is 9.47 Å². The van der Waals surface area contributed by atoms with E-state index >= 15 is 0 Å². The molecule has 0 fully saturated rings. The van der Waals surface area contributed by atoms with Crippen molar-refractivity contribution >= 4 is 16.5 Å². The van der Waals surface area contributed by atoms with E-state index in [1.165, 1.54) is 0 Å². The van der Waals surface area contributed by atoms with Crippen LogP contribution in [0.5, 0.6) is 11.5 Å². The van der Waals surface area contributed by atoms with E-state index in [0.29, 0.717) is 13.2 Å². The number of hydrogen-bond acceptors (Lipinski definition) is 5. The van der Waals surface area contributed by atoms with Crippen LogP contribution in [0.2, 0.25) is 0 Å². The second-order valence-corrected chi connectivity index (χ2v) is 6.31. The zero-order chi connectivity index (χ0) is 16.6. The highest BCUT2D eigenvalue weighted by molar-refractivity contribution is 7.15. The summed E-state index contributed by atoms with van der Waals surface area (Å²) >= 11 is 1.61. The van der Waals surface area contributed by atoms with Gasteiger partial charge in [-0.1, -0.05) is 41.7 Å². The molecule has 4 nitrogen and oxygen atoms in total. The summed E-state index contributed by atoms with van der Waals surface area (Å²) in [6, 6.07) is 17.8. The molecule has 0 unspecified atom stereocenters. The van der Waals surface area contributed by atoms with Crippen molar-refractivity contribution in [2.24, 2.45) is 0 Å². The molecule has 124 valence electrons. The predicted octanol–water partition coefficient (Wildman–Crippen LogP) is 4.73. The molecule has 0 spiro atoms. The Morgan fingerprint density at radius 2 is 1.58 bits per heavy atom. The molecule has 0 aliphatic carbocycles. The maximum Gasteiger partial charge on any atom is 0.182 e. The third-order valence-corrected chi connectivity index (χ3v) is 4.26. The molecule has 5 heteroatoms. The summed E-state index contributed by atoms with van der Waals surface area (Å²) < 4.78 is 11.6. The van der Waals surface area contributed by atoms with Gasteiger partial charge in [-0.3, -0.25) is 0 Å². The number of nitrogens with zero attached hydrogens (tertiary/aromatic N) is 1. The first-order valence-electron chi connectivity index (χ1n) is 7.91. The molecule has 3 aromatic rings. The highest BCUT2D eigenvalue weighted by Gasteiger charge is 2.03. The van der Waals surface area contributed by atoms with E-state index < -0.39 is 0 Å². The van der Waals surface area contributed by atoms with Crippen LogP contribution < -0.4 is 14.8 Å². The third kappa shape index (κ3) is 4.73. The smallest absolute Gasteiger partial charge is 0.182 e. The van der Waals surface area contributed by atoms with Crippen LogP contribution >= 0.6 is 11.3 Å². The number of hydrogen-bond donors (Lipinski definition) is 1. The SMILES string of the molecule is CCNc1ncc(COc2ccc(OCc3ccccc3)cc2)s1. The average molecular weight is 340 g/mol. The lowest BCUT2D eigenvalue weighted by atomic mass is 10.2. The number of benzene rings is 2. The summed E-state index contributed by atoms with van der Waals surface area (Å²) in [5.41, 5.74) is 1.15. The zero-order valence-corrected chi connectivity index (χ0v) is 14.4. The topological polar surface area (TPSA) is 43.4 Å². The van der Waals surface area contributed by atoms with E-state index in [1.54, 1.807) is 11.3 Å². The van der Waals surface area contributed by atoms with Gasteiger partial charge in [-0.25, -0.2) is 4.98 Å². The Morgan fingerprint density at radius 1 is 0.917 bits per heavy atom. The zero-order valence-electron chi connectivity index (χ0n) is 13.6. The molecule has 0 saturated heterocycles. The van der Waals surface area contributed by atoms with Gasteiger partial charge in [0.1, 0.15) is 24.7 Å². The molecule has 0 bridgehead atoms. The molecule has 1 heterocycles. The molecule has 2 aromatic carbocycles. The van der Waals surface area contributed by atoms with Crippen molar-refractivity contribution in [2.75, 3.05) is 11.9 Å². The van der Waals surface area contributed by atoms with Gasteiger partial charge in [0.2, 0.25) is 0 Å². The first-order chi connectivity index (χ1) is 11.8. The van der Waals surface area contributed by atoms with Gasteiger partial charge >= 0.3 is 0 Å². The fourth-order valence-electron chi connectivity index (χ4n) is 2.13. The Kier molecular flexibility index (Phi) is 5.69. The van der Waals surface area contributed by atoms with Crippen molar-refractivity contribution in [3.63, 3.8) is 0 Å². The van der Waals surface area contributed by atoms with Crippen LogP contribution in [0.1, 0.15) is 17.4 Å². The average Bonchev–Trinajstić information content (AvgIpc) is 3.08. The van der Waals surface area contributed by atoms with Gasteiger partial charge in [-0.05, 0) is 36.8 Å². The van der Waals surface area contributed by atoms with Gasteiger partial charge in [0.15, 0.2) is 5.13 Å². The lowest BCUT2D eigenvalue weighted by Crippen LogP contribution is -1.96. The fraction of sp³-hybridized carbons (Fsp3) is 0.211. The number of rotatable bonds is 8. The number of aromatic nitrogens is 1. The maximum absolute atomic E-state index is 5.79. The van der Waals surface area contributed by atoms with E-state index in [1.807, 2.05) is 60.8 Å². The summed E-state index contributed by atoms with van der Waals surface area (Å²) in [5.74, 6) is 1.65. The molecule has 0 radical (unpaired) electrons. The minimum Gasteiger partial charge on any atom is -0.489 e. The normalized spacial score (nSPS) is 10.4. The number of anilines is 1. The van der Waals surface area contributed by atoms with Crippen LogP contribution in [-0.2, 0) is 13.2 Å². The van der Waals surface area contributed by atoms with Crippen molar-refractivity contribution in [3.05, 3.63) is 71.2 Å². The van der Waals surface area contributed by atoms with Gasteiger partial charge in [-0.2, -0.15) is 0 Å². The van der Waals surface area contributed by atoms with E-state index in [-0.39, 0.29) is 0 Å². The highest BCUT2D eigenvalue weighted by atomic mass is 32.1. The summed E-state index contributed by atoms with van der Waals surface area (Å²) in [5, 5.41) is 4.13. The Labute approximate surface area is 146 Å². The number of ether oxygens (including phenoxy) is 2. The minimum atomic E-state index is 0.521. The molecular weight excluding hydrogens is 320 g/mol. The lowest BCUT2D eigenvalue weighted by molar-refractivity contribution is 0.299. The summed E-state index contributed by atoms with van der Waals surface area (Å²) in [6.07, 6.45) is 1.85. The van der Waals surface area contributed by atoms with E-state index in [2.05, 4.69) is 17.2 Å². The largest absolute Gasteiger partial charge is 0.489 e. The number of thiazole rings is 1. The second-order valence-electron chi connectivity index (χ2n) is 5.20. The predicted molar refractivity (Wildman–Crippen MR) is 97.8 cm³/mol. The molecule has 1 aromatic heterocycles. The van der Waals surface area contributed by atoms with Crippen LogP contribution in [0.4, 0.5) is 5.13 Å². The van der Waals surface area contributed by atoms with Crippen molar-refractivity contribution < 1.29 is 9.47 Å². The van der Waals surface area contributed by atoms with Crippen molar-refractivity contribution in [2.45, 2.75) is 20.1 Å². The molecule has 24 heavy (non-hydrogen) atoms.